The molecule has 2 aliphatic rings. The number of carbonyl (C=O) groups is 2. The van der Waals surface area contributed by atoms with Crippen molar-refractivity contribution in [3.05, 3.63) is 29.0 Å². The van der Waals surface area contributed by atoms with E-state index in [9.17, 15) is 9.59 Å². The Morgan fingerprint density at radius 1 is 1.30 bits per heavy atom. The van der Waals surface area contributed by atoms with E-state index in [1.807, 2.05) is 11.6 Å². The highest BCUT2D eigenvalue weighted by atomic mass is 32.1. The molecule has 0 radical (unpaired) electrons. The first-order chi connectivity index (χ1) is 13.1. The molecule has 144 valence electrons. The van der Waals surface area contributed by atoms with Crippen molar-refractivity contribution in [1.29, 1.82) is 0 Å². The maximum atomic E-state index is 13.1. The summed E-state index contributed by atoms with van der Waals surface area (Å²) in [7, 11) is 0. The number of hydrogen-bond donors (Lipinski definition) is 1. The normalized spacial score (nSPS) is 20.8. The second-order valence-electron chi connectivity index (χ2n) is 6.91. The number of carbonyl (C=O) groups excluding carboxylic acids is 2. The van der Waals surface area contributed by atoms with Crippen LogP contribution in [0.15, 0.2) is 17.8 Å². The molecule has 8 nitrogen and oxygen atoms in total. The van der Waals surface area contributed by atoms with Gasteiger partial charge in [0.1, 0.15) is 6.04 Å². The van der Waals surface area contributed by atoms with E-state index < -0.39 is 6.04 Å². The molecule has 0 spiro atoms. The van der Waals surface area contributed by atoms with Crippen LogP contribution in [0.4, 0.5) is 5.13 Å². The van der Waals surface area contributed by atoms with E-state index >= 15 is 0 Å². The zero-order valence-corrected chi connectivity index (χ0v) is 16.1. The molecular formula is C18H23N5O3S. The summed E-state index contributed by atoms with van der Waals surface area (Å²) in [6.45, 7) is 3.95. The number of likely N-dealkylation sites (tertiary alicyclic amines) is 1. The van der Waals surface area contributed by atoms with E-state index in [1.165, 1.54) is 11.3 Å². The molecule has 4 rings (SSSR count). The van der Waals surface area contributed by atoms with Gasteiger partial charge in [0, 0.05) is 37.0 Å². The van der Waals surface area contributed by atoms with Gasteiger partial charge < -0.3 is 15.0 Å². The zero-order valence-electron chi connectivity index (χ0n) is 15.3. The van der Waals surface area contributed by atoms with Crippen molar-refractivity contribution in [3.63, 3.8) is 0 Å². The lowest BCUT2D eigenvalue weighted by atomic mass is 10.1. The number of aromatic nitrogens is 3. The smallest absolute Gasteiger partial charge is 0.258 e. The predicted molar refractivity (Wildman–Crippen MR) is 101 cm³/mol. The fourth-order valence-corrected chi connectivity index (χ4v) is 4.37. The molecule has 0 aliphatic carbocycles. The monoisotopic (exact) mass is 389 g/mol. The Morgan fingerprint density at radius 2 is 2.11 bits per heavy atom. The minimum Gasteiger partial charge on any atom is -0.381 e. The second kappa shape index (κ2) is 7.77. The second-order valence-corrected chi connectivity index (χ2v) is 7.81. The van der Waals surface area contributed by atoms with Crippen LogP contribution < -0.4 is 5.32 Å². The molecule has 2 aromatic rings. The first-order valence-electron chi connectivity index (χ1n) is 9.28. The van der Waals surface area contributed by atoms with Crippen molar-refractivity contribution in [3.8, 4) is 0 Å². The topological polar surface area (TPSA) is 89.4 Å². The van der Waals surface area contributed by atoms with Crippen LogP contribution in [0.3, 0.4) is 0 Å². The summed E-state index contributed by atoms with van der Waals surface area (Å²) in [5, 5.41) is 9.64. The number of anilines is 1. The van der Waals surface area contributed by atoms with Crippen LogP contribution in [0.1, 0.15) is 47.8 Å². The van der Waals surface area contributed by atoms with Crippen molar-refractivity contribution in [2.75, 3.05) is 25.1 Å². The molecule has 2 aromatic heterocycles. The van der Waals surface area contributed by atoms with Crippen LogP contribution in [-0.4, -0.2) is 57.3 Å². The van der Waals surface area contributed by atoms with Gasteiger partial charge in [-0.1, -0.05) is 0 Å². The lowest BCUT2D eigenvalue weighted by molar-refractivity contribution is -0.119. The molecule has 1 N–H and O–H groups in total. The van der Waals surface area contributed by atoms with Crippen molar-refractivity contribution in [2.45, 2.75) is 44.7 Å². The number of rotatable bonds is 4. The third kappa shape index (κ3) is 3.61. The summed E-state index contributed by atoms with van der Waals surface area (Å²) in [5.41, 5.74) is 1.44. The van der Waals surface area contributed by atoms with E-state index in [0.717, 1.165) is 38.2 Å². The lowest BCUT2D eigenvalue weighted by Gasteiger charge is -2.25. The summed E-state index contributed by atoms with van der Waals surface area (Å²) in [4.78, 5) is 31.5. The largest absolute Gasteiger partial charge is 0.381 e. The van der Waals surface area contributed by atoms with Crippen molar-refractivity contribution < 1.29 is 14.3 Å². The summed E-state index contributed by atoms with van der Waals surface area (Å²) < 4.78 is 7.36. The Morgan fingerprint density at radius 3 is 2.85 bits per heavy atom. The molecule has 0 aromatic carbocycles. The van der Waals surface area contributed by atoms with Crippen LogP contribution in [0.2, 0.25) is 0 Å². The highest BCUT2D eigenvalue weighted by Gasteiger charge is 2.36. The van der Waals surface area contributed by atoms with Gasteiger partial charge in [-0.05, 0) is 32.6 Å². The highest BCUT2D eigenvalue weighted by Crippen LogP contribution is 2.26. The number of nitrogens with zero attached hydrogens (tertiary/aromatic N) is 4. The molecule has 1 atom stereocenters. The molecule has 0 saturated carbocycles. The standard InChI is InChI=1S/C18H23N5O3S/c1-12-14(11-20-23(12)13-4-8-26-9-5-13)17(25)22-7-2-3-15(22)16(24)21-18-19-6-10-27-18/h6,10-11,13,15H,2-5,7-9H2,1H3,(H,19,21,24). The van der Waals surface area contributed by atoms with Crippen molar-refractivity contribution >= 4 is 28.3 Å². The minimum absolute atomic E-state index is 0.123. The predicted octanol–water partition coefficient (Wildman–Crippen LogP) is 2.24. The molecular weight excluding hydrogens is 366 g/mol. The number of thiazole rings is 1. The van der Waals surface area contributed by atoms with Crippen LogP contribution in [-0.2, 0) is 9.53 Å². The van der Waals surface area contributed by atoms with Crippen LogP contribution in [0.25, 0.3) is 0 Å². The van der Waals surface area contributed by atoms with Crippen molar-refractivity contribution in [1.82, 2.24) is 19.7 Å². The van der Waals surface area contributed by atoms with E-state index in [0.29, 0.717) is 23.7 Å². The first-order valence-corrected chi connectivity index (χ1v) is 10.2. The Hall–Kier alpha value is -2.26. The van der Waals surface area contributed by atoms with Gasteiger partial charge in [-0.25, -0.2) is 4.98 Å². The number of hydrogen-bond acceptors (Lipinski definition) is 6. The first kappa shape index (κ1) is 18.1. The lowest BCUT2D eigenvalue weighted by Crippen LogP contribution is -2.43. The van der Waals surface area contributed by atoms with Gasteiger partial charge in [0.2, 0.25) is 5.91 Å². The van der Waals surface area contributed by atoms with Gasteiger partial charge in [0.25, 0.3) is 5.91 Å². The third-order valence-corrected chi connectivity index (χ3v) is 5.98. The van der Waals surface area contributed by atoms with Gasteiger partial charge in [0.05, 0.1) is 17.8 Å². The van der Waals surface area contributed by atoms with Gasteiger partial charge in [-0.15, -0.1) is 11.3 Å². The third-order valence-electron chi connectivity index (χ3n) is 5.29. The molecule has 2 fully saturated rings. The quantitative estimate of drug-likeness (QED) is 0.866. The summed E-state index contributed by atoms with van der Waals surface area (Å²) in [5.74, 6) is -0.298. The Labute approximate surface area is 161 Å². The summed E-state index contributed by atoms with van der Waals surface area (Å²) >= 11 is 1.37. The maximum absolute atomic E-state index is 13.1. The fourth-order valence-electron chi connectivity index (χ4n) is 3.84. The summed E-state index contributed by atoms with van der Waals surface area (Å²) in [6, 6.07) is -0.199. The van der Waals surface area contributed by atoms with E-state index in [4.69, 9.17) is 4.74 Å². The van der Waals surface area contributed by atoms with Gasteiger partial charge in [-0.3, -0.25) is 14.3 Å². The van der Waals surface area contributed by atoms with Gasteiger partial charge >= 0.3 is 0 Å². The minimum atomic E-state index is -0.466. The average molecular weight is 389 g/mol. The number of nitrogens with one attached hydrogen (secondary N) is 1. The fraction of sp³-hybridized carbons (Fsp3) is 0.556. The Balaban J connectivity index is 1.49. The SMILES string of the molecule is Cc1c(C(=O)N2CCCC2C(=O)Nc2nccs2)cnn1C1CCOCC1. The van der Waals surface area contributed by atoms with Crippen molar-refractivity contribution in [2.24, 2.45) is 0 Å². The molecule has 27 heavy (non-hydrogen) atoms. The molecule has 2 aliphatic heterocycles. The average Bonchev–Trinajstić information content (AvgIpc) is 3.42. The molecule has 2 saturated heterocycles. The summed E-state index contributed by atoms with van der Waals surface area (Å²) in [6.07, 6.45) is 6.56. The van der Waals surface area contributed by atoms with Gasteiger partial charge in [-0.2, -0.15) is 5.10 Å². The van der Waals surface area contributed by atoms with E-state index in [2.05, 4.69) is 15.4 Å². The molecule has 9 heteroatoms. The van der Waals surface area contributed by atoms with Crippen LogP contribution >= 0.6 is 11.3 Å². The van der Waals surface area contributed by atoms with Crippen LogP contribution in [0, 0.1) is 6.92 Å². The zero-order chi connectivity index (χ0) is 18.8. The van der Waals surface area contributed by atoms with Crippen LogP contribution in [0.5, 0.6) is 0 Å². The molecule has 2 amide bonds. The molecule has 1 unspecified atom stereocenters. The molecule has 0 bridgehead atoms. The Bertz CT molecular complexity index is 813. The maximum Gasteiger partial charge on any atom is 0.258 e. The van der Waals surface area contributed by atoms with Gasteiger partial charge in [0.15, 0.2) is 5.13 Å². The number of ether oxygens (including phenoxy) is 1. The Kier molecular flexibility index (Phi) is 5.22. The highest BCUT2D eigenvalue weighted by molar-refractivity contribution is 7.13. The molecule has 4 heterocycles. The van der Waals surface area contributed by atoms with E-state index in [-0.39, 0.29) is 17.9 Å². The van der Waals surface area contributed by atoms with E-state index in [1.54, 1.807) is 22.7 Å². The number of amides is 2.